The molecule has 6 nitrogen and oxygen atoms in total. The van der Waals surface area contributed by atoms with Crippen molar-refractivity contribution in [2.45, 2.75) is 6.54 Å². The first-order chi connectivity index (χ1) is 13.3. The standard InChI is InChI=1S/C21H15N5O/c27-21-11-24-19-6-7-22-10-20(19)26(21)12-15-2-1-3-16(8-15)17-4-5-18-9-23-14-25(18)13-17/h1-11,13-14H,12H2. The van der Waals surface area contributed by atoms with Gasteiger partial charge in [-0.05, 0) is 34.9 Å². The Morgan fingerprint density at radius 1 is 0.926 bits per heavy atom. The fourth-order valence-electron chi connectivity index (χ4n) is 3.29. The second kappa shape index (κ2) is 6.17. The predicted octanol–water partition coefficient (Wildman–Crippen LogP) is 3.15. The number of pyridine rings is 2. The Kier molecular flexibility index (Phi) is 3.53. The predicted molar refractivity (Wildman–Crippen MR) is 104 cm³/mol. The van der Waals surface area contributed by atoms with Gasteiger partial charge in [0.2, 0.25) is 0 Å². The van der Waals surface area contributed by atoms with Crippen LogP contribution in [0, 0.1) is 0 Å². The molecule has 0 bridgehead atoms. The minimum absolute atomic E-state index is 0.138. The molecule has 0 fully saturated rings. The van der Waals surface area contributed by atoms with Crippen LogP contribution in [0.25, 0.3) is 27.7 Å². The van der Waals surface area contributed by atoms with Crippen LogP contribution in [0.15, 0.2) is 84.6 Å². The molecule has 4 heterocycles. The second-order valence-electron chi connectivity index (χ2n) is 6.39. The van der Waals surface area contributed by atoms with Crippen molar-refractivity contribution in [3.63, 3.8) is 0 Å². The van der Waals surface area contributed by atoms with E-state index < -0.39 is 0 Å². The van der Waals surface area contributed by atoms with Gasteiger partial charge in [-0.15, -0.1) is 0 Å². The van der Waals surface area contributed by atoms with Crippen molar-refractivity contribution in [3.8, 4) is 11.1 Å². The normalized spacial score (nSPS) is 11.3. The Hall–Kier alpha value is -3.80. The summed E-state index contributed by atoms with van der Waals surface area (Å²) in [5, 5.41) is 0. The Morgan fingerprint density at radius 3 is 2.85 bits per heavy atom. The van der Waals surface area contributed by atoms with E-state index in [1.807, 2.05) is 34.9 Å². The zero-order valence-corrected chi connectivity index (χ0v) is 14.4. The summed E-state index contributed by atoms with van der Waals surface area (Å²) in [6, 6.07) is 14.1. The molecule has 0 N–H and O–H groups in total. The summed E-state index contributed by atoms with van der Waals surface area (Å²) in [5.41, 5.74) is 5.62. The average molecular weight is 353 g/mol. The van der Waals surface area contributed by atoms with Gasteiger partial charge in [0.15, 0.2) is 0 Å². The van der Waals surface area contributed by atoms with Gasteiger partial charge in [0, 0.05) is 12.4 Å². The summed E-state index contributed by atoms with van der Waals surface area (Å²) in [7, 11) is 0. The van der Waals surface area contributed by atoms with Crippen LogP contribution in [0.4, 0.5) is 0 Å². The van der Waals surface area contributed by atoms with E-state index >= 15 is 0 Å². The fraction of sp³-hybridized carbons (Fsp3) is 0.0476. The molecule has 5 rings (SSSR count). The van der Waals surface area contributed by atoms with Crippen molar-refractivity contribution < 1.29 is 0 Å². The van der Waals surface area contributed by atoms with Gasteiger partial charge in [-0.1, -0.05) is 24.3 Å². The van der Waals surface area contributed by atoms with E-state index in [9.17, 15) is 4.79 Å². The summed E-state index contributed by atoms with van der Waals surface area (Å²) in [5.74, 6) is 0. The van der Waals surface area contributed by atoms with Crippen LogP contribution in [0.5, 0.6) is 0 Å². The van der Waals surface area contributed by atoms with Crippen LogP contribution in [0.2, 0.25) is 0 Å². The van der Waals surface area contributed by atoms with Gasteiger partial charge in [0.05, 0.1) is 48.0 Å². The molecule has 0 aliphatic heterocycles. The smallest absolute Gasteiger partial charge is 0.269 e. The van der Waals surface area contributed by atoms with E-state index in [1.165, 1.54) is 6.20 Å². The Morgan fingerprint density at radius 2 is 1.89 bits per heavy atom. The minimum Gasteiger partial charge on any atom is -0.306 e. The molecule has 0 saturated carbocycles. The van der Waals surface area contributed by atoms with Crippen molar-refractivity contribution in [2.24, 2.45) is 0 Å². The quantitative estimate of drug-likeness (QED) is 0.500. The summed E-state index contributed by atoms with van der Waals surface area (Å²) in [4.78, 5) is 24.9. The van der Waals surface area contributed by atoms with Gasteiger partial charge in [-0.3, -0.25) is 14.3 Å². The third-order valence-corrected chi connectivity index (χ3v) is 4.66. The first-order valence-electron chi connectivity index (χ1n) is 8.58. The molecule has 0 radical (unpaired) electrons. The van der Waals surface area contributed by atoms with E-state index in [4.69, 9.17) is 0 Å². The third kappa shape index (κ3) is 2.77. The SMILES string of the molecule is O=c1cnc2ccncc2n1Cc1cccc(-c2ccc3cncn3c2)c1. The van der Waals surface area contributed by atoms with Crippen molar-refractivity contribution in [2.75, 3.05) is 0 Å². The van der Waals surface area contributed by atoms with Crippen LogP contribution in [-0.2, 0) is 6.54 Å². The van der Waals surface area contributed by atoms with E-state index in [2.05, 4.69) is 39.3 Å². The Labute approximate surface area is 154 Å². The van der Waals surface area contributed by atoms with Gasteiger partial charge >= 0.3 is 0 Å². The Balaban J connectivity index is 1.57. The zero-order valence-electron chi connectivity index (χ0n) is 14.4. The molecule has 0 aliphatic rings. The lowest BCUT2D eigenvalue weighted by atomic mass is 10.0. The molecule has 0 atom stereocenters. The highest BCUT2D eigenvalue weighted by Crippen LogP contribution is 2.22. The maximum absolute atomic E-state index is 12.4. The maximum atomic E-state index is 12.4. The summed E-state index contributed by atoms with van der Waals surface area (Å²) < 4.78 is 3.70. The molecule has 27 heavy (non-hydrogen) atoms. The van der Waals surface area contributed by atoms with Gasteiger partial charge in [-0.2, -0.15) is 0 Å². The van der Waals surface area contributed by atoms with Crippen LogP contribution in [0.3, 0.4) is 0 Å². The average Bonchev–Trinajstić information content (AvgIpc) is 3.18. The van der Waals surface area contributed by atoms with Gasteiger partial charge in [0.25, 0.3) is 5.56 Å². The fourth-order valence-corrected chi connectivity index (χ4v) is 3.29. The molecule has 4 aromatic heterocycles. The monoisotopic (exact) mass is 353 g/mol. The van der Waals surface area contributed by atoms with Crippen LogP contribution in [0.1, 0.15) is 5.56 Å². The maximum Gasteiger partial charge on any atom is 0.269 e. The second-order valence-corrected chi connectivity index (χ2v) is 6.39. The lowest BCUT2D eigenvalue weighted by Gasteiger charge is -2.11. The van der Waals surface area contributed by atoms with E-state index in [1.54, 1.807) is 23.3 Å². The van der Waals surface area contributed by atoms with E-state index in [0.29, 0.717) is 6.54 Å². The van der Waals surface area contributed by atoms with Crippen LogP contribution in [-0.4, -0.2) is 23.9 Å². The number of aromatic nitrogens is 5. The highest BCUT2D eigenvalue weighted by atomic mass is 16.1. The van der Waals surface area contributed by atoms with Crippen molar-refractivity contribution in [3.05, 3.63) is 95.7 Å². The molecule has 0 amide bonds. The molecule has 0 aliphatic carbocycles. The number of nitrogens with zero attached hydrogens (tertiary/aromatic N) is 5. The third-order valence-electron chi connectivity index (χ3n) is 4.66. The van der Waals surface area contributed by atoms with Crippen molar-refractivity contribution in [1.29, 1.82) is 0 Å². The molecular formula is C21H15N5O. The zero-order chi connectivity index (χ0) is 18.2. The molecule has 6 heteroatoms. The first kappa shape index (κ1) is 15.5. The summed E-state index contributed by atoms with van der Waals surface area (Å²) >= 11 is 0. The van der Waals surface area contributed by atoms with E-state index in [-0.39, 0.29) is 5.56 Å². The number of rotatable bonds is 3. The lowest BCUT2D eigenvalue weighted by Crippen LogP contribution is -2.21. The number of imidazole rings is 1. The van der Waals surface area contributed by atoms with Crippen molar-refractivity contribution >= 4 is 16.6 Å². The lowest BCUT2D eigenvalue weighted by molar-refractivity contribution is 0.785. The van der Waals surface area contributed by atoms with Crippen LogP contribution >= 0.6 is 0 Å². The molecule has 0 unspecified atom stereocenters. The molecule has 1 aromatic carbocycles. The number of hydrogen-bond donors (Lipinski definition) is 0. The number of hydrogen-bond acceptors (Lipinski definition) is 4. The molecule has 0 saturated heterocycles. The topological polar surface area (TPSA) is 65.1 Å². The van der Waals surface area contributed by atoms with Gasteiger partial charge < -0.3 is 4.40 Å². The Bertz CT molecular complexity index is 1340. The summed E-state index contributed by atoms with van der Waals surface area (Å²) in [6.07, 6.45) is 10.4. The van der Waals surface area contributed by atoms with Gasteiger partial charge in [-0.25, -0.2) is 9.97 Å². The van der Waals surface area contributed by atoms with Crippen molar-refractivity contribution in [1.82, 2.24) is 23.9 Å². The highest BCUT2D eigenvalue weighted by molar-refractivity contribution is 5.73. The minimum atomic E-state index is -0.138. The largest absolute Gasteiger partial charge is 0.306 e. The number of benzene rings is 1. The first-order valence-corrected chi connectivity index (χ1v) is 8.58. The van der Waals surface area contributed by atoms with Gasteiger partial charge in [0.1, 0.15) is 0 Å². The molecule has 0 spiro atoms. The molecular weight excluding hydrogens is 338 g/mol. The molecule has 5 aromatic rings. The van der Waals surface area contributed by atoms with E-state index in [0.717, 1.165) is 33.2 Å². The summed E-state index contributed by atoms with van der Waals surface area (Å²) in [6.45, 7) is 0.463. The highest BCUT2D eigenvalue weighted by Gasteiger charge is 2.07. The number of fused-ring (bicyclic) bond motifs is 2. The molecule has 130 valence electrons. The van der Waals surface area contributed by atoms with Crippen LogP contribution < -0.4 is 5.56 Å².